The minimum absolute atomic E-state index is 0.00770. The number of carbonyl (C=O) groups is 2. The van der Waals surface area contributed by atoms with Gasteiger partial charge in [-0.25, -0.2) is 0 Å². The molecule has 2 rings (SSSR count). The van der Waals surface area contributed by atoms with Crippen LogP contribution in [0.3, 0.4) is 0 Å². The molecule has 0 aromatic heterocycles. The van der Waals surface area contributed by atoms with Crippen molar-refractivity contribution in [1.82, 2.24) is 0 Å². The van der Waals surface area contributed by atoms with Crippen molar-refractivity contribution in [1.29, 1.82) is 0 Å². The van der Waals surface area contributed by atoms with Gasteiger partial charge in [0.25, 0.3) is 0 Å². The van der Waals surface area contributed by atoms with E-state index in [0.717, 1.165) is 38.5 Å². The highest BCUT2D eigenvalue weighted by Crippen LogP contribution is 2.28. The Bertz CT molecular complexity index is 1020. The van der Waals surface area contributed by atoms with E-state index in [-0.39, 0.29) is 11.6 Å². The van der Waals surface area contributed by atoms with Gasteiger partial charge in [0.2, 0.25) is 0 Å². The van der Waals surface area contributed by atoms with Gasteiger partial charge in [-0.15, -0.1) is 0 Å². The summed E-state index contributed by atoms with van der Waals surface area (Å²) < 4.78 is 0. The highest BCUT2D eigenvalue weighted by molar-refractivity contribution is 6.26. The van der Waals surface area contributed by atoms with E-state index in [9.17, 15) is 9.59 Å². The van der Waals surface area contributed by atoms with Crippen LogP contribution >= 0.6 is 0 Å². The topological polar surface area (TPSA) is 34.1 Å². The van der Waals surface area contributed by atoms with Crippen molar-refractivity contribution in [3.63, 3.8) is 0 Å². The van der Waals surface area contributed by atoms with Gasteiger partial charge in [0.1, 0.15) is 0 Å². The van der Waals surface area contributed by atoms with Crippen molar-refractivity contribution in [2.24, 2.45) is 0 Å². The number of fused-ring (bicyclic) bond motifs is 1. The Kier molecular flexibility index (Phi) is 10.5. The Morgan fingerprint density at radius 1 is 0.667 bits per heavy atom. The summed E-state index contributed by atoms with van der Waals surface area (Å²) in [6.07, 6.45) is 16.1. The maximum Gasteiger partial charge on any atom is 0.190 e. The maximum absolute atomic E-state index is 12.9. The van der Waals surface area contributed by atoms with E-state index < -0.39 is 0 Å². The molecule has 2 heteroatoms. The summed E-state index contributed by atoms with van der Waals surface area (Å²) in [6.45, 7) is 12.6. The summed E-state index contributed by atoms with van der Waals surface area (Å²) in [5.74, 6) is -0.0299. The van der Waals surface area contributed by atoms with Crippen LogP contribution in [0.25, 0.3) is 0 Å². The first-order valence-corrected chi connectivity index (χ1v) is 12.2. The van der Waals surface area contributed by atoms with Gasteiger partial charge >= 0.3 is 0 Å². The summed E-state index contributed by atoms with van der Waals surface area (Å²) in [4.78, 5) is 25.5. The highest BCUT2D eigenvalue weighted by atomic mass is 16.1. The van der Waals surface area contributed by atoms with Crippen LogP contribution in [0, 0.1) is 0 Å². The predicted molar refractivity (Wildman–Crippen MR) is 141 cm³/mol. The third-order valence-corrected chi connectivity index (χ3v) is 6.29. The summed E-state index contributed by atoms with van der Waals surface area (Å²) in [5, 5.41) is 0. The Balaban J connectivity index is 1.83. The van der Waals surface area contributed by atoms with Crippen LogP contribution in [-0.4, -0.2) is 11.6 Å². The molecule has 0 radical (unpaired) electrons. The van der Waals surface area contributed by atoms with Gasteiger partial charge in [-0.05, 0) is 86.5 Å². The van der Waals surface area contributed by atoms with E-state index in [1.807, 2.05) is 12.1 Å². The second-order valence-corrected chi connectivity index (χ2v) is 9.56. The van der Waals surface area contributed by atoms with E-state index in [1.165, 1.54) is 22.3 Å². The molecule has 0 atom stereocenters. The number of allylic oxidation sites excluding steroid dienone is 10. The zero-order valence-corrected chi connectivity index (χ0v) is 21.4. The van der Waals surface area contributed by atoms with Crippen molar-refractivity contribution in [3.05, 3.63) is 93.1 Å². The van der Waals surface area contributed by atoms with Crippen molar-refractivity contribution in [3.8, 4) is 0 Å². The molecule has 0 aliphatic heterocycles. The Morgan fingerprint density at radius 2 is 1.12 bits per heavy atom. The fourth-order valence-corrected chi connectivity index (χ4v) is 4.06. The van der Waals surface area contributed by atoms with Crippen LogP contribution in [0.4, 0.5) is 0 Å². The second-order valence-electron chi connectivity index (χ2n) is 9.56. The minimum atomic E-state index is -0.0222. The van der Waals surface area contributed by atoms with E-state index in [4.69, 9.17) is 0 Å². The Hall–Kier alpha value is -2.74. The SMILES string of the molecule is CC(C)=CCC/C(C)=C/CC/C(C)=C\CC/C(C)=C/CC1=C(C)C(=O)c2ccccc2C1=O. The Labute approximate surface area is 200 Å². The van der Waals surface area contributed by atoms with Crippen molar-refractivity contribution < 1.29 is 9.59 Å². The van der Waals surface area contributed by atoms with Crippen LogP contribution in [0.2, 0.25) is 0 Å². The molecule has 0 N–H and O–H groups in total. The monoisotopic (exact) mass is 444 g/mol. The molecule has 0 saturated heterocycles. The van der Waals surface area contributed by atoms with Gasteiger partial charge in [0.15, 0.2) is 11.6 Å². The first-order valence-electron chi connectivity index (χ1n) is 12.2. The number of hydrogen-bond acceptors (Lipinski definition) is 2. The Morgan fingerprint density at radius 3 is 1.64 bits per heavy atom. The molecule has 1 aromatic carbocycles. The highest BCUT2D eigenvalue weighted by Gasteiger charge is 2.28. The molecule has 0 fully saturated rings. The number of carbonyl (C=O) groups excluding carboxylic acids is 2. The van der Waals surface area contributed by atoms with Crippen molar-refractivity contribution in [2.75, 3.05) is 0 Å². The molecule has 2 nitrogen and oxygen atoms in total. The molecule has 0 saturated carbocycles. The first-order chi connectivity index (χ1) is 15.7. The molecule has 0 amide bonds. The molecule has 1 aliphatic carbocycles. The molecule has 1 aromatic rings. The second kappa shape index (κ2) is 13.1. The lowest BCUT2D eigenvalue weighted by molar-refractivity contribution is 0.0973. The lowest BCUT2D eigenvalue weighted by Gasteiger charge is -2.18. The predicted octanol–water partition coefficient (Wildman–Crippen LogP) is 8.92. The average molecular weight is 445 g/mol. The van der Waals surface area contributed by atoms with Crippen LogP contribution in [0.5, 0.6) is 0 Å². The van der Waals surface area contributed by atoms with E-state index in [1.54, 1.807) is 19.1 Å². The molecule has 0 unspecified atom stereocenters. The molecule has 0 spiro atoms. The molecule has 0 heterocycles. The van der Waals surface area contributed by atoms with Crippen molar-refractivity contribution >= 4 is 11.6 Å². The lowest BCUT2D eigenvalue weighted by Crippen LogP contribution is -2.20. The van der Waals surface area contributed by atoms with E-state index >= 15 is 0 Å². The summed E-state index contributed by atoms with van der Waals surface area (Å²) in [5.41, 5.74) is 7.84. The maximum atomic E-state index is 12.9. The number of rotatable bonds is 11. The molecular weight excluding hydrogens is 404 g/mol. The van der Waals surface area contributed by atoms with Gasteiger partial charge in [-0.2, -0.15) is 0 Å². The lowest BCUT2D eigenvalue weighted by atomic mass is 9.83. The first kappa shape index (κ1) is 26.5. The summed E-state index contributed by atoms with van der Waals surface area (Å²) in [7, 11) is 0. The van der Waals surface area contributed by atoms with Gasteiger partial charge in [-0.1, -0.05) is 70.9 Å². The average Bonchev–Trinajstić information content (AvgIpc) is 2.77. The fraction of sp³-hybridized carbons (Fsp3) is 0.419. The smallest absolute Gasteiger partial charge is 0.190 e. The third kappa shape index (κ3) is 8.28. The summed E-state index contributed by atoms with van der Waals surface area (Å²) >= 11 is 0. The third-order valence-electron chi connectivity index (χ3n) is 6.29. The van der Waals surface area contributed by atoms with Gasteiger partial charge < -0.3 is 0 Å². The van der Waals surface area contributed by atoms with Crippen LogP contribution in [0.1, 0.15) is 107 Å². The molecule has 33 heavy (non-hydrogen) atoms. The van der Waals surface area contributed by atoms with E-state index in [0.29, 0.717) is 28.7 Å². The van der Waals surface area contributed by atoms with Gasteiger partial charge in [-0.3, -0.25) is 9.59 Å². The number of ketones is 2. The van der Waals surface area contributed by atoms with Crippen LogP contribution in [-0.2, 0) is 0 Å². The standard InChI is InChI=1S/C31H40O2/c1-22(2)12-9-13-23(3)14-10-15-24(4)16-11-17-25(5)20-21-27-26(6)30(32)28-18-7-8-19-29(28)31(27)33/h7-8,12,14,16,18-20H,9-11,13,15,17,21H2,1-6H3/b23-14+,24-16-,25-20+. The zero-order valence-electron chi connectivity index (χ0n) is 21.4. The minimum Gasteiger partial charge on any atom is -0.289 e. The molecule has 176 valence electrons. The van der Waals surface area contributed by atoms with Crippen LogP contribution < -0.4 is 0 Å². The number of hydrogen-bond donors (Lipinski definition) is 0. The van der Waals surface area contributed by atoms with Gasteiger partial charge in [0.05, 0.1) is 0 Å². The largest absolute Gasteiger partial charge is 0.289 e. The normalized spacial score (nSPS) is 15.2. The number of benzene rings is 1. The summed E-state index contributed by atoms with van der Waals surface area (Å²) in [6, 6.07) is 7.13. The quantitative estimate of drug-likeness (QED) is 0.319. The molecular formula is C31H40O2. The van der Waals surface area contributed by atoms with Crippen LogP contribution in [0.15, 0.2) is 82.0 Å². The van der Waals surface area contributed by atoms with Gasteiger partial charge in [0, 0.05) is 22.3 Å². The number of Topliss-reactive ketones (excluding diaryl/α,β-unsaturated/α-hetero) is 2. The molecule has 1 aliphatic rings. The zero-order chi connectivity index (χ0) is 24.4. The fourth-order valence-electron chi connectivity index (χ4n) is 4.06. The molecule has 0 bridgehead atoms. The van der Waals surface area contributed by atoms with Crippen molar-refractivity contribution in [2.45, 2.75) is 86.5 Å². The van der Waals surface area contributed by atoms with E-state index in [2.05, 4.69) is 58.9 Å².